The van der Waals surface area contributed by atoms with Gasteiger partial charge in [0.25, 0.3) is 15.9 Å². The summed E-state index contributed by atoms with van der Waals surface area (Å²) in [4.78, 5) is 28.8. The Bertz CT molecular complexity index is 1370. The van der Waals surface area contributed by atoms with Crippen LogP contribution in [0.3, 0.4) is 0 Å². The molecule has 1 aromatic heterocycles. The van der Waals surface area contributed by atoms with Gasteiger partial charge in [-0.15, -0.1) is 5.10 Å². The van der Waals surface area contributed by atoms with E-state index in [0.717, 1.165) is 25.3 Å². The van der Waals surface area contributed by atoms with Crippen molar-refractivity contribution in [2.45, 2.75) is 64.4 Å². The van der Waals surface area contributed by atoms with Crippen LogP contribution in [0.25, 0.3) is 11.1 Å². The van der Waals surface area contributed by atoms with Gasteiger partial charge in [0.05, 0.1) is 4.90 Å². The summed E-state index contributed by atoms with van der Waals surface area (Å²) in [5, 5.41) is 7.44. The molecule has 0 aliphatic rings. The number of aromatic nitrogens is 3. The van der Waals surface area contributed by atoms with E-state index in [-0.39, 0.29) is 22.7 Å². The maximum Gasteiger partial charge on any atom is 0.291 e. The largest absolute Gasteiger partial charge is 0.346 e. The first-order chi connectivity index (χ1) is 18.0. The first-order valence-corrected chi connectivity index (χ1v) is 14.7. The van der Waals surface area contributed by atoms with Crippen molar-refractivity contribution in [2.24, 2.45) is 5.92 Å². The predicted octanol–water partition coefficient (Wildman–Crippen LogP) is 3.85. The van der Waals surface area contributed by atoms with E-state index in [1.807, 2.05) is 35.9 Å². The molecule has 3 aromatic rings. The van der Waals surface area contributed by atoms with Crippen LogP contribution in [0.4, 0.5) is 0 Å². The Morgan fingerprint density at radius 2 is 1.76 bits per heavy atom. The molecule has 0 bridgehead atoms. The van der Waals surface area contributed by atoms with Crippen LogP contribution >= 0.6 is 12.6 Å². The number of sulfonamides is 1. The van der Waals surface area contributed by atoms with Crippen LogP contribution in [-0.4, -0.2) is 46.8 Å². The third kappa shape index (κ3) is 7.67. The van der Waals surface area contributed by atoms with Gasteiger partial charge in [-0.05, 0) is 36.0 Å². The van der Waals surface area contributed by atoms with Crippen molar-refractivity contribution in [2.75, 3.05) is 5.75 Å². The van der Waals surface area contributed by atoms with Gasteiger partial charge < -0.3 is 5.32 Å². The van der Waals surface area contributed by atoms with Gasteiger partial charge in [0, 0.05) is 37.2 Å². The molecule has 38 heavy (non-hydrogen) atoms. The molecule has 1 unspecified atom stereocenters. The van der Waals surface area contributed by atoms with E-state index in [1.54, 1.807) is 22.9 Å². The highest BCUT2D eigenvalue weighted by atomic mass is 32.2. The van der Waals surface area contributed by atoms with E-state index < -0.39 is 15.9 Å². The minimum absolute atomic E-state index is 0.0262. The number of carbonyl (C=O) groups is 2. The summed E-state index contributed by atoms with van der Waals surface area (Å²) < 4.78 is 29.1. The summed E-state index contributed by atoms with van der Waals surface area (Å²) in [7, 11) is -4.00. The van der Waals surface area contributed by atoms with E-state index in [0.29, 0.717) is 41.6 Å². The second-order valence-corrected chi connectivity index (χ2v) is 11.6. The Morgan fingerprint density at radius 1 is 1.08 bits per heavy atom. The van der Waals surface area contributed by atoms with E-state index in [2.05, 4.69) is 41.9 Å². The fourth-order valence-electron chi connectivity index (χ4n) is 4.16. The minimum atomic E-state index is -4.00. The summed E-state index contributed by atoms with van der Waals surface area (Å²) in [6, 6.07) is 13.9. The van der Waals surface area contributed by atoms with Crippen molar-refractivity contribution in [3.05, 3.63) is 65.7 Å². The first-order valence-electron chi connectivity index (χ1n) is 12.6. The smallest absolute Gasteiger partial charge is 0.291 e. The van der Waals surface area contributed by atoms with E-state index in [9.17, 15) is 18.0 Å². The molecule has 1 atom stereocenters. The Labute approximate surface area is 229 Å². The molecule has 0 saturated heterocycles. The number of nitrogens with one attached hydrogen (secondary N) is 2. The number of rotatable bonds is 12. The minimum Gasteiger partial charge on any atom is -0.346 e. The zero-order valence-electron chi connectivity index (χ0n) is 22.1. The third-order valence-corrected chi connectivity index (χ3v) is 7.71. The predicted molar refractivity (Wildman–Crippen MR) is 151 cm³/mol. The molecular weight excluding hydrogens is 522 g/mol. The topological polar surface area (TPSA) is 123 Å². The Kier molecular flexibility index (Phi) is 10.1. The number of hydrogen-bond donors (Lipinski definition) is 3. The Balaban J connectivity index is 1.83. The number of thiol groups is 1. The summed E-state index contributed by atoms with van der Waals surface area (Å²) >= 11 is 4.36. The molecule has 9 nitrogen and oxygen atoms in total. The third-order valence-electron chi connectivity index (χ3n) is 5.78. The van der Waals surface area contributed by atoms with Gasteiger partial charge in [-0.1, -0.05) is 63.2 Å². The molecule has 0 aliphatic carbocycles. The van der Waals surface area contributed by atoms with Crippen molar-refractivity contribution in [3.63, 3.8) is 0 Å². The van der Waals surface area contributed by atoms with Gasteiger partial charge in [-0.3, -0.25) is 9.59 Å². The van der Waals surface area contributed by atoms with Gasteiger partial charge in [-0.2, -0.15) is 12.6 Å². The standard InChI is InChI=1S/C27H35N5O4S2/c1-5-14-32-25(29-26(30-32)27(34)28-22(17-37)15-18(2)3)16-20-10-12-21(13-11-20)23-8-6-7-9-24(23)38(35,36)31-19(4)33/h6-13,18,22,37H,5,14-17H2,1-4H3,(H,28,34)(H,31,33). The molecule has 3 rings (SSSR count). The molecule has 0 radical (unpaired) electrons. The van der Waals surface area contributed by atoms with E-state index in [1.165, 1.54) is 6.07 Å². The van der Waals surface area contributed by atoms with Crippen molar-refractivity contribution in [1.82, 2.24) is 24.8 Å². The molecule has 0 fully saturated rings. The van der Waals surface area contributed by atoms with Gasteiger partial charge in [0.15, 0.2) is 0 Å². The van der Waals surface area contributed by atoms with Crippen molar-refractivity contribution < 1.29 is 18.0 Å². The van der Waals surface area contributed by atoms with Crippen molar-refractivity contribution >= 4 is 34.5 Å². The fraction of sp³-hybridized carbons (Fsp3) is 0.407. The maximum atomic E-state index is 12.8. The van der Waals surface area contributed by atoms with E-state index in [4.69, 9.17) is 0 Å². The Hall–Kier alpha value is -3.18. The van der Waals surface area contributed by atoms with Crippen LogP contribution < -0.4 is 10.0 Å². The number of benzene rings is 2. The van der Waals surface area contributed by atoms with Crippen molar-refractivity contribution in [1.29, 1.82) is 0 Å². The molecule has 2 N–H and O–H groups in total. The molecule has 0 spiro atoms. The average Bonchev–Trinajstić information content (AvgIpc) is 3.25. The lowest BCUT2D eigenvalue weighted by molar-refractivity contribution is -0.117. The van der Waals surface area contributed by atoms with Crippen LogP contribution in [0.15, 0.2) is 53.4 Å². The summed E-state index contributed by atoms with van der Waals surface area (Å²) in [6.45, 7) is 8.02. The van der Waals surface area contributed by atoms with Crippen molar-refractivity contribution in [3.8, 4) is 11.1 Å². The summed E-state index contributed by atoms with van der Waals surface area (Å²) in [5.74, 6) is 0.804. The van der Waals surface area contributed by atoms with Crippen LogP contribution in [-0.2, 0) is 27.8 Å². The SMILES string of the molecule is CCCn1nc(C(=O)NC(CS)CC(C)C)nc1Cc1ccc(-c2ccccc2S(=O)(=O)NC(C)=O)cc1. The molecule has 204 valence electrons. The van der Waals surface area contributed by atoms with Gasteiger partial charge in [-0.25, -0.2) is 22.8 Å². The number of carbonyl (C=O) groups excluding carboxylic acids is 2. The molecule has 0 aliphatic heterocycles. The normalized spacial score (nSPS) is 12.4. The highest BCUT2D eigenvalue weighted by Gasteiger charge is 2.22. The van der Waals surface area contributed by atoms with E-state index >= 15 is 0 Å². The van der Waals surface area contributed by atoms with Crippen LogP contribution in [0.5, 0.6) is 0 Å². The van der Waals surface area contributed by atoms with Gasteiger partial charge >= 0.3 is 0 Å². The lowest BCUT2D eigenvalue weighted by Crippen LogP contribution is -2.37. The zero-order chi connectivity index (χ0) is 27.9. The van der Waals surface area contributed by atoms with Crippen LogP contribution in [0.2, 0.25) is 0 Å². The lowest BCUT2D eigenvalue weighted by atomic mass is 10.0. The highest BCUT2D eigenvalue weighted by molar-refractivity contribution is 7.90. The summed E-state index contributed by atoms with van der Waals surface area (Å²) in [5.41, 5.74) is 2.11. The highest BCUT2D eigenvalue weighted by Crippen LogP contribution is 2.28. The number of amides is 2. The van der Waals surface area contributed by atoms with Crippen LogP contribution in [0, 0.1) is 5.92 Å². The van der Waals surface area contributed by atoms with Gasteiger partial charge in [0.1, 0.15) is 5.82 Å². The average molecular weight is 558 g/mol. The number of nitrogens with zero attached hydrogens (tertiary/aromatic N) is 3. The van der Waals surface area contributed by atoms with Gasteiger partial charge in [0.2, 0.25) is 11.7 Å². The molecule has 0 saturated carbocycles. The summed E-state index contributed by atoms with van der Waals surface area (Å²) in [6.07, 6.45) is 2.11. The first kappa shape index (κ1) is 29.4. The number of hydrogen-bond acceptors (Lipinski definition) is 7. The van der Waals surface area contributed by atoms with Crippen LogP contribution in [0.1, 0.15) is 62.5 Å². The second kappa shape index (κ2) is 13.1. The zero-order valence-corrected chi connectivity index (χ0v) is 23.9. The fourth-order valence-corrected chi connectivity index (χ4v) is 5.62. The lowest BCUT2D eigenvalue weighted by Gasteiger charge is -2.17. The monoisotopic (exact) mass is 557 g/mol. The molecule has 2 aromatic carbocycles. The quantitative estimate of drug-likeness (QED) is 0.291. The molecule has 11 heteroatoms. The second-order valence-electron chi connectivity index (χ2n) is 9.59. The number of aryl methyl sites for hydroxylation is 1. The Morgan fingerprint density at radius 3 is 2.37 bits per heavy atom. The molecule has 2 amide bonds. The molecule has 1 heterocycles. The molecular formula is C27H35N5O4S2. The maximum absolute atomic E-state index is 12.8.